The van der Waals surface area contributed by atoms with E-state index in [-0.39, 0.29) is 17.9 Å². The molecule has 19 heavy (non-hydrogen) atoms. The fraction of sp³-hybridized carbons (Fsp3) is 0.455. The molecule has 0 atom stereocenters. The number of rotatable bonds is 5. The van der Waals surface area contributed by atoms with Crippen LogP contribution in [0, 0.1) is 0 Å². The average molecular weight is 278 g/mol. The Hall–Kier alpha value is -1.83. The summed E-state index contributed by atoms with van der Waals surface area (Å²) in [6.45, 7) is -2.09. The summed E-state index contributed by atoms with van der Waals surface area (Å²) >= 11 is 0. The number of pyridine rings is 1. The number of aliphatic hydroxyl groups is 1. The lowest BCUT2D eigenvalue weighted by atomic mass is 10.2. The van der Waals surface area contributed by atoms with Crippen LogP contribution in [0.1, 0.15) is 10.4 Å². The third-order valence-corrected chi connectivity index (χ3v) is 2.23. The van der Waals surface area contributed by atoms with Crippen molar-refractivity contribution < 1.29 is 27.8 Å². The maximum Gasteiger partial charge on any atom is 0.405 e. The molecule has 0 aliphatic heterocycles. The minimum atomic E-state index is -4.47. The molecule has 0 spiro atoms. The van der Waals surface area contributed by atoms with Crippen LogP contribution in [-0.4, -0.2) is 49.0 Å². The summed E-state index contributed by atoms with van der Waals surface area (Å²) in [5, 5.41) is 8.83. The molecule has 0 unspecified atom stereocenters. The highest BCUT2D eigenvalue weighted by Crippen LogP contribution is 2.23. The van der Waals surface area contributed by atoms with Crippen LogP contribution < -0.4 is 4.90 Å². The van der Waals surface area contributed by atoms with Gasteiger partial charge in [0, 0.05) is 12.7 Å². The molecular weight excluding hydrogens is 265 g/mol. The molecule has 0 saturated heterocycles. The van der Waals surface area contributed by atoms with Gasteiger partial charge >= 0.3 is 12.1 Å². The number of hydrogen-bond acceptors (Lipinski definition) is 5. The number of halogens is 3. The fourth-order valence-electron chi connectivity index (χ4n) is 1.52. The van der Waals surface area contributed by atoms with Crippen LogP contribution in [0.2, 0.25) is 0 Å². The molecule has 1 aromatic heterocycles. The van der Waals surface area contributed by atoms with Crippen molar-refractivity contribution in [2.45, 2.75) is 6.18 Å². The summed E-state index contributed by atoms with van der Waals surface area (Å²) in [6, 6.07) is 2.73. The number of alkyl halides is 3. The third-order valence-electron chi connectivity index (χ3n) is 2.23. The van der Waals surface area contributed by atoms with Gasteiger partial charge in [-0.25, -0.2) is 9.78 Å². The van der Waals surface area contributed by atoms with Gasteiger partial charge in [-0.1, -0.05) is 0 Å². The molecule has 1 heterocycles. The molecule has 1 N–H and O–H groups in total. The highest BCUT2D eigenvalue weighted by molar-refractivity contribution is 5.94. The predicted octanol–water partition coefficient (Wildman–Crippen LogP) is 1.23. The van der Waals surface area contributed by atoms with Gasteiger partial charge in [0.05, 0.1) is 13.7 Å². The van der Waals surface area contributed by atoms with E-state index in [0.717, 1.165) is 12.0 Å². The third kappa shape index (κ3) is 4.40. The maximum absolute atomic E-state index is 12.5. The van der Waals surface area contributed by atoms with E-state index in [2.05, 4.69) is 9.72 Å². The Balaban J connectivity index is 3.11. The van der Waals surface area contributed by atoms with E-state index in [0.29, 0.717) is 0 Å². The molecule has 106 valence electrons. The molecule has 0 bridgehead atoms. The highest BCUT2D eigenvalue weighted by atomic mass is 19.4. The standard InChI is InChI=1S/C11H13F3N2O3/c1-19-10(18)8-3-2-4-15-9(8)16(5-6-17)7-11(12,13)14/h2-4,17H,5-7H2,1H3. The molecule has 8 heteroatoms. The number of esters is 1. The van der Waals surface area contributed by atoms with Crippen molar-refractivity contribution in [3.8, 4) is 0 Å². The number of hydrogen-bond donors (Lipinski definition) is 1. The van der Waals surface area contributed by atoms with Gasteiger partial charge in [-0.05, 0) is 12.1 Å². The predicted molar refractivity (Wildman–Crippen MR) is 60.9 cm³/mol. The van der Waals surface area contributed by atoms with Crippen LogP contribution in [0.5, 0.6) is 0 Å². The van der Waals surface area contributed by atoms with Crippen molar-refractivity contribution in [2.75, 3.05) is 31.7 Å². The Morgan fingerprint density at radius 2 is 2.21 bits per heavy atom. The summed E-state index contributed by atoms with van der Waals surface area (Å²) in [6.07, 6.45) is -3.21. The molecule has 0 aromatic carbocycles. The molecule has 1 aromatic rings. The number of anilines is 1. The van der Waals surface area contributed by atoms with Crippen molar-refractivity contribution in [1.82, 2.24) is 4.98 Å². The van der Waals surface area contributed by atoms with Crippen molar-refractivity contribution in [2.24, 2.45) is 0 Å². The Morgan fingerprint density at radius 3 is 2.74 bits per heavy atom. The number of methoxy groups -OCH3 is 1. The van der Waals surface area contributed by atoms with Gasteiger partial charge in [-0.3, -0.25) is 0 Å². The molecule has 1 rings (SSSR count). The molecular formula is C11H13F3N2O3. The van der Waals surface area contributed by atoms with Crippen molar-refractivity contribution in [3.63, 3.8) is 0 Å². The Morgan fingerprint density at radius 1 is 1.53 bits per heavy atom. The second-order valence-electron chi connectivity index (χ2n) is 3.63. The lowest BCUT2D eigenvalue weighted by molar-refractivity contribution is -0.120. The van der Waals surface area contributed by atoms with Gasteiger partial charge in [0.1, 0.15) is 17.9 Å². The fourth-order valence-corrected chi connectivity index (χ4v) is 1.52. The van der Waals surface area contributed by atoms with Gasteiger partial charge in [0.2, 0.25) is 0 Å². The van der Waals surface area contributed by atoms with Crippen LogP contribution >= 0.6 is 0 Å². The monoisotopic (exact) mass is 278 g/mol. The van der Waals surface area contributed by atoms with Gasteiger partial charge in [-0.15, -0.1) is 0 Å². The zero-order valence-corrected chi connectivity index (χ0v) is 10.1. The number of aliphatic hydroxyl groups excluding tert-OH is 1. The first kappa shape index (κ1) is 15.2. The molecule has 0 radical (unpaired) electrons. The first-order valence-corrected chi connectivity index (χ1v) is 5.35. The van der Waals surface area contributed by atoms with Crippen molar-refractivity contribution in [1.29, 1.82) is 0 Å². The van der Waals surface area contributed by atoms with E-state index in [1.807, 2.05) is 0 Å². The number of carbonyl (C=O) groups is 1. The van der Waals surface area contributed by atoms with E-state index >= 15 is 0 Å². The lowest BCUT2D eigenvalue weighted by Gasteiger charge is -2.25. The first-order chi connectivity index (χ1) is 8.89. The quantitative estimate of drug-likeness (QED) is 0.821. The number of carbonyl (C=O) groups excluding carboxylic acids is 1. The smallest absolute Gasteiger partial charge is 0.405 e. The zero-order chi connectivity index (χ0) is 14.5. The van der Waals surface area contributed by atoms with Crippen molar-refractivity contribution >= 4 is 11.8 Å². The normalized spacial score (nSPS) is 11.2. The van der Waals surface area contributed by atoms with E-state index in [4.69, 9.17) is 5.11 Å². The number of ether oxygens (including phenoxy) is 1. The summed E-state index contributed by atoms with van der Waals surface area (Å²) in [5.74, 6) is -0.950. The van der Waals surface area contributed by atoms with Crippen LogP contribution in [0.3, 0.4) is 0 Å². The van der Waals surface area contributed by atoms with E-state index in [1.54, 1.807) is 0 Å². The molecule has 0 amide bonds. The molecule has 0 aliphatic rings. The molecule has 0 aliphatic carbocycles. The van der Waals surface area contributed by atoms with E-state index in [9.17, 15) is 18.0 Å². The first-order valence-electron chi connectivity index (χ1n) is 5.35. The summed E-state index contributed by atoms with van der Waals surface area (Å²) in [5.41, 5.74) is -0.0808. The topological polar surface area (TPSA) is 62.7 Å². The van der Waals surface area contributed by atoms with E-state index in [1.165, 1.54) is 18.3 Å². The van der Waals surface area contributed by atoms with Crippen LogP contribution in [0.4, 0.5) is 19.0 Å². The van der Waals surface area contributed by atoms with Gasteiger partial charge < -0.3 is 14.7 Å². The maximum atomic E-state index is 12.5. The Bertz CT molecular complexity index is 437. The van der Waals surface area contributed by atoms with Crippen LogP contribution in [0.15, 0.2) is 18.3 Å². The Labute approximate surface area is 107 Å². The number of aromatic nitrogens is 1. The minimum Gasteiger partial charge on any atom is -0.465 e. The van der Waals surface area contributed by atoms with Crippen LogP contribution in [-0.2, 0) is 4.74 Å². The zero-order valence-electron chi connectivity index (χ0n) is 10.1. The second kappa shape index (κ2) is 6.37. The van der Waals surface area contributed by atoms with Gasteiger partial charge in [-0.2, -0.15) is 13.2 Å². The largest absolute Gasteiger partial charge is 0.465 e. The Kier molecular flexibility index (Phi) is 5.11. The molecule has 0 saturated carbocycles. The van der Waals surface area contributed by atoms with Crippen molar-refractivity contribution in [3.05, 3.63) is 23.9 Å². The summed E-state index contributed by atoms with van der Waals surface area (Å²) in [4.78, 5) is 16.0. The lowest BCUT2D eigenvalue weighted by Crippen LogP contribution is -2.37. The SMILES string of the molecule is COC(=O)c1cccnc1N(CCO)CC(F)(F)F. The van der Waals surface area contributed by atoms with Crippen LogP contribution in [0.25, 0.3) is 0 Å². The minimum absolute atomic E-state index is 0.0808. The highest BCUT2D eigenvalue weighted by Gasteiger charge is 2.32. The second-order valence-corrected chi connectivity index (χ2v) is 3.63. The molecule has 5 nitrogen and oxygen atoms in total. The molecule has 0 fully saturated rings. The number of nitrogens with zero attached hydrogens (tertiary/aromatic N) is 2. The summed E-state index contributed by atoms with van der Waals surface area (Å²) in [7, 11) is 1.12. The van der Waals surface area contributed by atoms with E-state index < -0.39 is 25.3 Å². The van der Waals surface area contributed by atoms with Gasteiger partial charge in [0.15, 0.2) is 0 Å². The average Bonchev–Trinajstić information content (AvgIpc) is 2.36. The summed E-state index contributed by atoms with van der Waals surface area (Å²) < 4.78 is 41.9. The van der Waals surface area contributed by atoms with Gasteiger partial charge in [0.25, 0.3) is 0 Å².